The third-order valence-corrected chi connectivity index (χ3v) is 6.74. The van der Waals surface area contributed by atoms with E-state index < -0.39 is 0 Å². The van der Waals surface area contributed by atoms with Gasteiger partial charge in [-0.15, -0.1) is 22.0 Å². The Bertz CT molecular complexity index is 802. The third kappa shape index (κ3) is 7.01. The molecular formula is C20H26N4O3S2. The van der Waals surface area contributed by atoms with Crippen LogP contribution in [0.3, 0.4) is 0 Å². The van der Waals surface area contributed by atoms with Crippen molar-refractivity contribution in [3.8, 4) is 5.75 Å². The first-order valence-electron chi connectivity index (χ1n) is 9.79. The van der Waals surface area contributed by atoms with Crippen LogP contribution in [-0.2, 0) is 10.5 Å². The van der Waals surface area contributed by atoms with Crippen molar-refractivity contribution in [1.29, 1.82) is 0 Å². The molecule has 0 saturated heterocycles. The Labute approximate surface area is 179 Å². The van der Waals surface area contributed by atoms with Crippen molar-refractivity contribution in [2.75, 3.05) is 18.2 Å². The molecule has 1 aromatic carbocycles. The molecule has 1 saturated carbocycles. The Balaban J connectivity index is 1.41. The number of nitrogens with one attached hydrogen (secondary N) is 2. The number of ether oxygens (including phenoxy) is 1. The van der Waals surface area contributed by atoms with E-state index in [1.165, 1.54) is 48.8 Å². The Kier molecular flexibility index (Phi) is 8.30. The number of methoxy groups -OCH3 is 1. The number of aromatic nitrogens is 2. The minimum absolute atomic E-state index is 0.0730. The molecule has 9 heteroatoms. The second-order valence-corrected chi connectivity index (χ2v) is 8.98. The van der Waals surface area contributed by atoms with Crippen molar-refractivity contribution in [2.45, 2.75) is 50.3 Å². The highest BCUT2D eigenvalue weighted by atomic mass is 32.2. The number of nitrogens with zero attached hydrogens (tertiary/aromatic N) is 2. The summed E-state index contributed by atoms with van der Waals surface area (Å²) in [6, 6.07) is 7.40. The van der Waals surface area contributed by atoms with Crippen LogP contribution >= 0.6 is 23.1 Å². The van der Waals surface area contributed by atoms with Crippen LogP contribution in [-0.4, -0.2) is 40.9 Å². The molecule has 0 atom stereocenters. The molecule has 3 rings (SSSR count). The summed E-state index contributed by atoms with van der Waals surface area (Å²) in [5.41, 5.74) is 0.664. The Hall–Kier alpha value is -2.13. The normalized spacial score (nSPS) is 14.8. The number of benzene rings is 1. The lowest BCUT2D eigenvalue weighted by molar-refractivity contribution is -0.119. The summed E-state index contributed by atoms with van der Waals surface area (Å²) in [7, 11) is 1.59. The average Bonchev–Trinajstić information content (AvgIpc) is 3.05. The van der Waals surface area contributed by atoms with Gasteiger partial charge in [0.15, 0.2) is 0 Å². The van der Waals surface area contributed by atoms with Gasteiger partial charge in [-0.05, 0) is 37.1 Å². The van der Waals surface area contributed by atoms with Crippen molar-refractivity contribution in [3.05, 3.63) is 34.3 Å². The highest BCUT2D eigenvalue weighted by Crippen LogP contribution is 2.20. The largest absolute Gasteiger partial charge is 0.497 e. The van der Waals surface area contributed by atoms with E-state index in [0.29, 0.717) is 28.2 Å². The zero-order valence-corrected chi connectivity index (χ0v) is 18.1. The van der Waals surface area contributed by atoms with Gasteiger partial charge in [-0.3, -0.25) is 9.59 Å². The quantitative estimate of drug-likeness (QED) is 0.613. The Morgan fingerprint density at radius 3 is 2.55 bits per heavy atom. The molecule has 156 valence electrons. The number of rotatable bonds is 8. The molecule has 2 amide bonds. The van der Waals surface area contributed by atoms with Gasteiger partial charge in [0, 0.05) is 17.5 Å². The third-order valence-electron chi connectivity index (χ3n) is 4.69. The zero-order chi connectivity index (χ0) is 20.5. The first-order chi connectivity index (χ1) is 14.1. The van der Waals surface area contributed by atoms with Gasteiger partial charge in [-0.2, -0.15) is 0 Å². The fraction of sp³-hybridized carbons (Fsp3) is 0.500. The smallest absolute Gasteiger partial charge is 0.286 e. The van der Waals surface area contributed by atoms with Crippen LogP contribution in [0.2, 0.25) is 0 Å². The van der Waals surface area contributed by atoms with E-state index in [9.17, 15) is 9.59 Å². The molecule has 0 spiro atoms. The molecule has 1 aromatic heterocycles. The van der Waals surface area contributed by atoms with Crippen molar-refractivity contribution < 1.29 is 14.3 Å². The van der Waals surface area contributed by atoms with E-state index in [2.05, 4.69) is 20.8 Å². The Morgan fingerprint density at radius 1 is 1.14 bits per heavy atom. The van der Waals surface area contributed by atoms with E-state index in [0.717, 1.165) is 23.6 Å². The number of anilines is 1. The number of hydrogen-bond donors (Lipinski definition) is 2. The second kappa shape index (κ2) is 11.2. The van der Waals surface area contributed by atoms with Crippen LogP contribution in [0.5, 0.6) is 5.75 Å². The van der Waals surface area contributed by atoms with Crippen molar-refractivity contribution in [2.24, 2.45) is 0 Å². The lowest BCUT2D eigenvalue weighted by Gasteiger charge is -2.15. The number of amides is 2. The highest BCUT2D eigenvalue weighted by Gasteiger charge is 2.16. The molecule has 2 N–H and O–H groups in total. The predicted octanol–water partition coefficient (Wildman–Crippen LogP) is 3.87. The van der Waals surface area contributed by atoms with Gasteiger partial charge in [0.05, 0.1) is 12.9 Å². The molecule has 0 unspecified atom stereocenters. The van der Waals surface area contributed by atoms with Crippen molar-refractivity contribution in [3.63, 3.8) is 0 Å². The minimum Gasteiger partial charge on any atom is -0.497 e. The molecule has 29 heavy (non-hydrogen) atoms. The molecule has 1 fully saturated rings. The van der Waals surface area contributed by atoms with Gasteiger partial charge in [-0.25, -0.2) is 0 Å². The lowest BCUT2D eigenvalue weighted by atomic mass is 10.1. The summed E-state index contributed by atoms with van der Waals surface area (Å²) < 4.78 is 5.10. The summed E-state index contributed by atoms with van der Waals surface area (Å²) in [6.07, 6.45) is 7.10. The SMILES string of the molecule is COc1ccc(NC(=O)c2nnc(CSCC(=O)NC3CCCCCC3)s2)cc1. The summed E-state index contributed by atoms with van der Waals surface area (Å²) >= 11 is 2.74. The molecule has 7 nitrogen and oxygen atoms in total. The summed E-state index contributed by atoms with van der Waals surface area (Å²) in [4.78, 5) is 24.4. The molecule has 1 aliphatic rings. The fourth-order valence-electron chi connectivity index (χ4n) is 3.19. The van der Waals surface area contributed by atoms with Crippen LogP contribution < -0.4 is 15.4 Å². The second-order valence-electron chi connectivity index (χ2n) is 6.93. The Morgan fingerprint density at radius 2 is 1.86 bits per heavy atom. The average molecular weight is 435 g/mol. The van der Waals surface area contributed by atoms with Gasteiger partial charge < -0.3 is 15.4 Å². The molecule has 0 radical (unpaired) electrons. The van der Waals surface area contributed by atoms with Crippen LogP contribution in [0, 0.1) is 0 Å². The topological polar surface area (TPSA) is 93.2 Å². The molecule has 0 aliphatic heterocycles. The number of carbonyl (C=O) groups excluding carboxylic acids is 2. The number of carbonyl (C=O) groups is 2. The zero-order valence-electron chi connectivity index (χ0n) is 16.5. The van der Waals surface area contributed by atoms with E-state index in [-0.39, 0.29) is 11.8 Å². The fourth-order valence-corrected chi connectivity index (χ4v) is 4.81. The number of hydrogen-bond acceptors (Lipinski definition) is 7. The lowest BCUT2D eigenvalue weighted by Crippen LogP contribution is -2.35. The van der Waals surface area contributed by atoms with Crippen LogP contribution in [0.15, 0.2) is 24.3 Å². The summed E-state index contributed by atoms with van der Waals surface area (Å²) in [5, 5.41) is 15.0. The molecule has 2 aromatic rings. The van der Waals surface area contributed by atoms with Crippen LogP contribution in [0.1, 0.15) is 53.3 Å². The maximum absolute atomic E-state index is 12.3. The summed E-state index contributed by atoms with van der Waals surface area (Å²) in [6.45, 7) is 0. The molecule has 0 bridgehead atoms. The maximum Gasteiger partial charge on any atom is 0.286 e. The molecule has 1 heterocycles. The maximum atomic E-state index is 12.3. The van der Waals surface area contributed by atoms with Crippen molar-refractivity contribution >= 4 is 40.6 Å². The minimum atomic E-state index is -0.296. The first kappa shape index (κ1) is 21.6. The van der Waals surface area contributed by atoms with E-state index >= 15 is 0 Å². The van der Waals surface area contributed by atoms with Crippen LogP contribution in [0.25, 0.3) is 0 Å². The monoisotopic (exact) mass is 434 g/mol. The highest BCUT2D eigenvalue weighted by molar-refractivity contribution is 7.99. The standard InChI is InChI=1S/C20H26N4O3S2/c1-27-16-10-8-15(9-11-16)22-19(26)20-24-23-18(29-20)13-28-12-17(25)21-14-6-4-2-3-5-7-14/h8-11,14H,2-7,12-13H2,1H3,(H,21,25)(H,22,26). The number of thioether (sulfide) groups is 1. The van der Waals surface area contributed by atoms with Gasteiger partial charge in [0.25, 0.3) is 5.91 Å². The molecular weight excluding hydrogens is 408 g/mol. The van der Waals surface area contributed by atoms with Gasteiger partial charge >= 0.3 is 0 Å². The first-order valence-corrected chi connectivity index (χ1v) is 11.8. The van der Waals surface area contributed by atoms with Gasteiger partial charge in [-0.1, -0.05) is 37.0 Å². The summed E-state index contributed by atoms with van der Waals surface area (Å²) in [5.74, 6) is 1.45. The van der Waals surface area contributed by atoms with E-state index in [1.54, 1.807) is 31.4 Å². The van der Waals surface area contributed by atoms with Crippen molar-refractivity contribution in [1.82, 2.24) is 15.5 Å². The van der Waals surface area contributed by atoms with E-state index in [4.69, 9.17) is 4.74 Å². The van der Waals surface area contributed by atoms with E-state index in [1.807, 2.05) is 0 Å². The predicted molar refractivity (Wildman–Crippen MR) is 117 cm³/mol. The van der Waals surface area contributed by atoms with Gasteiger partial charge in [0.2, 0.25) is 10.9 Å². The molecule has 1 aliphatic carbocycles. The van der Waals surface area contributed by atoms with Crippen LogP contribution in [0.4, 0.5) is 5.69 Å². The van der Waals surface area contributed by atoms with Gasteiger partial charge in [0.1, 0.15) is 10.8 Å².